The molecule has 0 radical (unpaired) electrons. The lowest BCUT2D eigenvalue weighted by molar-refractivity contribution is -0.116. The van der Waals surface area contributed by atoms with Crippen molar-refractivity contribution in [2.75, 3.05) is 24.7 Å². The van der Waals surface area contributed by atoms with E-state index in [1.165, 1.54) is 7.11 Å². The Hall–Kier alpha value is -2.11. The quantitative estimate of drug-likeness (QED) is 0.753. The van der Waals surface area contributed by atoms with Gasteiger partial charge in [-0.05, 0) is 35.9 Å². The van der Waals surface area contributed by atoms with E-state index in [4.69, 9.17) is 37.4 Å². The predicted octanol–water partition coefficient (Wildman–Crippen LogP) is 3.85. The van der Waals surface area contributed by atoms with Crippen molar-refractivity contribution in [3.63, 3.8) is 0 Å². The van der Waals surface area contributed by atoms with Crippen LogP contribution >= 0.6 is 23.2 Å². The van der Waals surface area contributed by atoms with E-state index < -0.39 is 0 Å². The predicted molar refractivity (Wildman–Crippen MR) is 92.5 cm³/mol. The van der Waals surface area contributed by atoms with Crippen molar-refractivity contribution >= 4 is 34.8 Å². The minimum atomic E-state index is -0.226. The van der Waals surface area contributed by atoms with Crippen LogP contribution in [0.25, 0.3) is 0 Å². The highest BCUT2D eigenvalue weighted by atomic mass is 35.5. The van der Waals surface area contributed by atoms with Gasteiger partial charge in [-0.3, -0.25) is 4.79 Å². The zero-order valence-corrected chi connectivity index (χ0v) is 14.4. The molecule has 1 aliphatic heterocycles. The molecule has 0 saturated carbocycles. The summed E-state index contributed by atoms with van der Waals surface area (Å²) in [6.07, 6.45) is 0. The van der Waals surface area contributed by atoms with Gasteiger partial charge in [0.25, 0.3) is 0 Å². The summed E-state index contributed by atoms with van der Waals surface area (Å²) in [6, 6.07) is 10.7. The molecule has 5 nitrogen and oxygen atoms in total. The molecule has 126 valence electrons. The van der Waals surface area contributed by atoms with Crippen LogP contribution in [-0.2, 0) is 11.3 Å². The lowest BCUT2D eigenvalue weighted by Gasteiger charge is -2.23. The number of rotatable bonds is 5. The van der Waals surface area contributed by atoms with Gasteiger partial charge in [0.15, 0.2) is 11.5 Å². The van der Waals surface area contributed by atoms with E-state index in [0.29, 0.717) is 34.5 Å². The van der Waals surface area contributed by atoms with Gasteiger partial charge < -0.3 is 19.1 Å². The molecular formula is C17H15Cl2NO4. The first kappa shape index (κ1) is 16.7. The SMILES string of the molecule is COc1ccc(N(Cc2ccc3c(c2)OCO3)C(=O)CCl)cc1Cl. The Morgan fingerprint density at radius 1 is 1.21 bits per heavy atom. The number of halogens is 2. The highest BCUT2D eigenvalue weighted by molar-refractivity contribution is 6.32. The molecule has 0 aliphatic carbocycles. The minimum Gasteiger partial charge on any atom is -0.495 e. The average molecular weight is 368 g/mol. The fraction of sp³-hybridized carbons (Fsp3) is 0.235. The molecular weight excluding hydrogens is 353 g/mol. The van der Waals surface area contributed by atoms with Gasteiger partial charge >= 0.3 is 0 Å². The number of hydrogen-bond donors (Lipinski definition) is 0. The van der Waals surface area contributed by atoms with Gasteiger partial charge in [-0.1, -0.05) is 17.7 Å². The second-order valence-corrected chi connectivity index (χ2v) is 5.79. The maximum atomic E-state index is 12.3. The van der Waals surface area contributed by atoms with Crippen molar-refractivity contribution in [3.8, 4) is 17.2 Å². The van der Waals surface area contributed by atoms with Crippen LogP contribution < -0.4 is 19.1 Å². The lowest BCUT2D eigenvalue weighted by Crippen LogP contribution is -2.31. The van der Waals surface area contributed by atoms with E-state index in [-0.39, 0.29) is 18.6 Å². The van der Waals surface area contributed by atoms with E-state index in [1.807, 2.05) is 18.2 Å². The highest BCUT2D eigenvalue weighted by Crippen LogP contribution is 2.34. The lowest BCUT2D eigenvalue weighted by atomic mass is 10.1. The van der Waals surface area contributed by atoms with E-state index in [1.54, 1.807) is 23.1 Å². The summed E-state index contributed by atoms with van der Waals surface area (Å²) >= 11 is 11.9. The number of carbonyl (C=O) groups excluding carboxylic acids is 1. The molecule has 1 amide bonds. The Bertz CT molecular complexity index is 766. The molecule has 0 fully saturated rings. The Balaban J connectivity index is 1.89. The van der Waals surface area contributed by atoms with Crippen molar-refractivity contribution in [3.05, 3.63) is 47.0 Å². The number of carbonyl (C=O) groups is 1. The number of methoxy groups -OCH3 is 1. The number of hydrogen-bond acceptors (Lipinski definition) is 4. The molecule has 1 heterocycles. The topological polar surface area (TPSA) is 48.0 Å². The number of anilines is 1. The van der Waals surface area contributed by atoms with Gasteiger partial charge in [-0.15, -0.1) is 11.6 Å². The van der Waals surface area contributed by atoms with E-state index in [2.05, 4.69) is 0 Å². The zero-order valence-electron chi connectivity index (χ0n) is 12.9. The van der Waals surface area contributed by atoms with Gasteiger partial charge in [-0.25, -0.2) is 0 Å². The third kappa shape index (κ3) is 3.37. The second-order valence-electron chi connectivity index (χ2n) is 5.12. The van der Waals surface area contributed by atoms with Crippen LogP contribution in [0.5, 0.6) is 17.2 Å². The normalized spacial score (nSPS) is 12.1. The molecule has 24 heavy (non-hydrogen) atoms. The third-order valence-corrected chi connectivity index (χ3v) is 4.16. The van der Waals surface area contributed by atoms with Gasteiger partial charge in [0.2, 0.25) is 12.7 Å². The van der Waals surface area contributed by atoms with Crippen LogP contribution in [0.3, 0.4) is 0 Å². The number of ether oxygens (including phenoxy) is 3. The van der Waals surface area contributed by atoms with Gasteiger partial charge in [-0.2, -0.15) is 0 Å². The average Bonchev–Trinajstić information content (AvgIpc) is 3.06. The Kier molecular flexibility index (Phi) is 5.02. The molecule has 2 aromatic carbocycles. The first-order valence-electron chi connectivity index (χ1n) is 7.20. The van der Waals surface area contributed by atoms with Crippen molar-refractivity contribution in [1.82, 2.24) is 0 Å². The zero-order chi connectivity index (χ0) is 17.1. The fourth-order valence-corrected chi connectivity index (χ4v) is 2.84. The number of nitrogens with zero attached hydrogens (tertiary/aromatic N) is 1. The van der Waals surface area contributed by atoms with Crippen LogP contribution in [0.2, 0.25) is 5.02 Å². The molecule has 0 bridgehead atoms. The molecule has 2 aromatic rings. The van der Waals surface area contributed by atoms with Crippen LogP contribution in [0.15, 0.2) is 36.4 Å². The number of benzene rings is 2. The molecule has 3 rings (SSSR count). The first-order valence-corrected chi connectivity index (χ1v) is 8.12. The number of amides is 1. The van der Waals surface area contributed by atoms with Gasteiger partial charge in [0, 0.05) is 5.69 Å². The monoisotopic (exact) mass is 367 g/mol. The van der Waals surface area contributed by atoms with Gasteiger partial charge in [0.05, 0.1) is 18.7 Å². The standard InChI is InChI=1S/C17H15Cl2NO4/c1-22-14-5-3-12(7-13(14)19)20(17(21)8-18)9-11-2-4-15-16(6-11)24-10-23-15/h2-7H,8-10H2,1H3. The van der Waals surface area contributed by atoms with Crippen LogP contribution in [0, 0.1) is 0 Å². The smallest absolute Gasteiger partial charge is 0.242 e. The molecule has 0 N–H and O–H groups in total. The molecule has 1 aliphatic rings. The molecule has 0 saturated heterocycles. The minimum absolute atomic E-state index is 0.131. The highest BCUT2D eigenvalue weighted by Gasteiger charge is 2.19. The number of fused-ring (bicyclic) bond motifs is 1. The Labute approximate surface area is 149 Å². The molecule has 0 atom stereocenters. The summed E-state index contributed by atoms with van der Waals surface area (Å²) in [5, 5.41) is 0.424. The summed E-state index contributed by atoms with van der Waals surface area (Å²) in [6.45, 7) is 0.544. The molecule has 0 spiro atoms. The van der Waals surface area contributed by atoms with Crippen molar-refractivity contribution in [2.45, 2.75) is 6.54 Å². The van der Waals surface area contributed by atoms with Gasteiger partial charge in [0.1, 0.15) is 11.6 Å². The first-order chi connectivity index (χ1) is 11.6. The third-order valence-electron chi connectivity index (χ3n) is 3.64. The Morgan fingerprint density at radius 3 is 2.71 bits per heavy atom. The largest absolute Gasteiger partial charge is 0.495 e. The van der Waals surface area contributed by atoms with Crippen LogP contribution in [0.4, 0.5) is 5.69 Å². The molecule has 0 aromatic heterocycles. The van der Waals surface area contributed by atoms with Crippen LogP contribution in [-0.4, -0.2) is 25.7 Å². The second kappa shape index (κ2) is 7.20. The molecule has 7 heteroatoms. The van der Waals surface area contributed by atoms with Crippen LogP contribution in [0.1, 0.15) is 5.56 Å². The summed E-state index contributed by atoms with van der Waals surface area (Å²) in [4.78, 5) is 13.8. The van der Waals surface area contributed by atoms with E-state index in [0.717, 1.165) is 5.56 Å². The summed E-state index contributed by atoms with van der Waals surface area (Å²) in [7, 11) is 1.54. The summed E-state index contributed by atoms with van der Waals surface area (Å²) in [5.74, 6) is 1.55. The summed E-state index contributed by atoms with van der Waals surface area (Å²) < 4.78 is 15.8. The molecule has 0 unspecified atom stereocenters. The van der Waals surface area contributed by atoms with Crippen molar-refractivity contribution < 1.29 is 19.0 Å². The Morgan fingerprint density at radius 2 is 2.00 bits per heavy atom. The maximum absolute atomic E-state index is 12.3. The maximum Gasteiger partial charge on any atom is 0.242 e. The van der Waals surface area contributed by atoms with E-state index in [9.17, 15) is 4.79 Å². The van der Waals surface area contributed by atoms with Crippen molar-refractivity contribution in [2.24, 2.45) is 0 Å². The van der Waals surface area contributed by atoms with Crippen molar-refractivity contribution in [1.29, 1.82) is 0 Å². The number of alkyl halides is 1. The fourth-order valence-electron chi connectivity index (χ4n) is 2.44. The summed E-state index contributed by atoms with van der Waals surface area (Å²) in [5.41, 5.74) is 1.54. The van der Waals surface area contributed by atoms with E-state index >= 15 is 0 Å².